The summed E-state index contributed by atoms with van der Waals surface area (Å²) in [5, 5.41) is 0. The number of rotatable bonds is 0. The molecule has 2 rings (SSSR count). The quantitative estimate of drug-likeness (QED) is 0.610. The third-order valence-electron chi connectivity index (χ3n) is 1.94. The maximum atomic E-state index is 11.1. The predicted octanol–water partition coefficient (Wildman–Crippen LogP) is 4.89. The molecule has 0 bridgehead atoms. The van der Waals surface area contributed by atoms with Crippen molar-refractivity contribution in [3.05, 3.63) is 35.4 Å². The Bertz CT molecular complexity index is 277. The fraction of sp³-hybridized carbons (Fsp3) is 0.533. The van der Waals surface area contributed by atoms with E-state index in [2.05, 4.69) is 0 Å². The molecule has 0 N–H and O–H groups in total. The molecule has 0 saturated heterocycles. The fourth-order valence-corrected chi connectivity index (χ4v) is 1.39. The molecule has 0 amide bonds. The minimum atomic E-state index is 0.301. The SMILES string of the molecule is CC.CC.CC.O=C1CCc2ccccc21. The number of aryl methyl sites for hydroxylation is 1. The second-order valence-corrected chi connectivity index (χ2v) is 2.58. The molecule has 1 aliphatic rings. The number of hydrogen-bond acceptors (Lipinski definition) is 1. The Morgan fingerprint density at radius 1 is 0.812 bits per heavy atom. The smallest absolute Gasteiger partial charge is 0.163 e. The molecule has 92 valence electrons. The fourth-order valence-electron chi connectivity index (χ4n) is 1.39. The van der Waals surface area contributed by atoms with Crippen LogP contribution in [0.5, 0.6) is 0 Å². The van der Waals surface area contributed by atoms with Crippen LogP contribution < -0.4 is 0 Å². The van der Waals surface area contributed by atoms with Crippen LogP contribution in [0.25, 0.3) is 0 Å². The minimum absolute atomic E-state index is 0.301. The summed E-state index contributed by atoms with van der Waals surface area (Å²) < 4.78 is 0. The zero-order valence-corrected chi connectivity index (χ0v) is 11.6. The van der Waals surface area contributed by atoms with Crippen LogP contribution in [-0.2, 0) is 6.42 Å². The van der Waals surface area contributed by atoms with Gasteiger partial charge < -0.3 is 0 Å². The van der Waals surface area contributed by atoms with Crippen LogP contribution in [0.2, 0.25) is 0 Å². The molecule has 16 heavy (non-hydrogen) atoms. The van der Waals surface area contributed by atoms with Gasteiger partial charge >= 0.3 is 0 Å². The first-order valence-corrected chi connectivity index (χ1v) is 6.49. The van der Waals surface area contributed by atoms with Gasteiger partial charge in [0.2, 0.25) is 0 Å². The highest BCUT2D eigenvalue weighted by Gasteiger charge is 2.17. The Labute approximate surface area is 101 Å². The Hall–Kier alpha value is -1.11. The standard InChI is InChI=1S/C9H8O.3C2H6/c10-9-6-5-7-3-1-2-4-8(7)9;3*1-2/h1-4H,5-6H2;3*1-2H3. The highest BCUT2D eigenvalue weighted by molar-refractivity contribution is 6.00. The molecule has 0 saturated carbocycles. The van der Waals surface area contributed by atoms with E-state index in [1.807, 2.05) is 65.8 Å². The van der Waals surface area contributed by atoms with Crippen LogP contribution in [0.4, 0.5) is 0 Å². The summed E-state index contributed by atoms with van der Waals surface area (Å²) in [4.78, 5) is 11.1. The van der Waals surface area contributed by atoms with E-state index < -0.39 is 0 Å². The molecule has 1 nitrogen and oxygen atoms in total. The van der Waals surface area contributed by atoms with E-state index in [0.717, 1.165) is 12.0 Å². The molecule has 0 fully saturated rings. The molecule has 0 unspecified atom stereocenters. The van der Waals surface area contributed by atoms with E-state index in [1.54, 1.807) is 0 Å². The summed E-state index contributed by atoms with van der Waals surface area (Å²) in [7, 11) is 0. The van der Waals surface area contributed by atoms with Crippen LogP contribution in [0, 0.1) is 0 Å². The van der Waals surface area contributed by atoms with Crippen molar-refractivity contribution in [1.29, 1.82) is 0 Å². The minimum Gasteiger partial charge on any atom is -0.294 e. The van der Waals surface area contributed by atoms with Gasteiger partial charge in [0.15, 0.2) is 5.78 Å². The highest BCUT2D eigenvalue weighted by Crippen LogP contribution is 2.20. The summed E-state index contributed by atoms with van der Waals surface area (Å²) in [6.07, 6.45) is 1.65. The molecular formula is C15H26O. The van der Waals surface area contributed by atoms with Gasteiger partial charge in [0, 0.05) is 12.0 Å². The van der Waals surface area contributed by atoms with E-state index >= 15 is 0 Å². The molecule has 1 aromatic carbocycles. The molecular weight excluding hydrogens is 196 g/mol. The van der Waals surface area contributed by atoms with Crippen molar-refractivity contribution < 1.29 is 4.79 Å². The van der Waals surface area contributed by atoms with Crippen molar-refractivity contribution in [2.45, 2.75) is 54.4 Å². The highest BCUT2D eigenvalue weighted by atomic mass is 16.1. The lowest BCUT2D eigenvalue weighted by atomic mass is 10.1. The molecule has 0 spiro atoms. The van der Waals surface area contributed by atoms with Gasteiger partial charge in [0.25, 0.3) is 0 Å². The lowest BCUT2D eigenvalue weighted by Crippen LogP contribution is -1.88. The van der Waals surface area contributed by atoms with Crippen molar-refractivity contribution in [2.24, 2.45) is 0 Å². The van der Waals surface area contributed by atoms with Gasteiger partial charge in [-0.05, 0) is 12.0 Å². The Balaban J connectivity index is 0. The van der Waals surface area contributed by atoms with Crippen molar-refractivity contribution >= 4 is 5.78 Å². The number of fused-ring (bicyclic) bond motifs is 1. The van der Waals surface area contributed by atoms with Crippen molar-refractivity contribution in [3.63, 3.8) is 0 Å². The van der Waals surface area contributed by atoms with Gasteiger partial charge in [-0.1, -0.05) is 65.8 Å². The van der Waals surface area contributed by atoms with Gasteiger partial charge in [-0.25, -0.2) is 0 Å². The maximum Gasteiger partial charge on any atom is 0.163 e. The first kappa shape index (κ1) is 17.3. The van der Waals surface area contributed by atoms with Gasteiger partial charge in [0.1, 0.15) is 0 Å². The summed E-state index contributed by atoms with van der Waals surface area (Å²) in [6.45, 7) is 12.0. The topological polar surface area (TPSA) is 17.1 Å². The monoisotopic (exact) mass is 222 g/mol. The molecule has 0 aromatic heterocycles. The third-order valence-corrected chi connectivity index (χ3v) is 1.94. The summed E-state index contributed by atoms with van der Waals surface area (Å²) in [5.41, 5.74) is 2.15. The van der Waals surface area contributed by atoms with E-state index in [-0.39, 0.29) is 0 Å². The van der Waals surface area contributed by atoms with Gasteiger partial charge in [-0.3, -0.25) is 4.79 Å². The van der Waals surface area contributed by atoms with E-state index in [0.29, 0.717) is 12.2 Å². The van der Waals surface area contributed by atoms with Gasteiger partial charge in [-0.2, -0.15) is 0 Å². The van der Waals surface area contributed by atoms with Crippen LogP contribution >= 0.6 is 0 Å². The Morgan fingerprint density at radius 3 is 1.81 bits per heavy atom. The largest absolute Gasteiger partial charge is 0.294 e. The number of benzene rings is 1. The van der Waals surface area contributed by atoms with E-state index in [4.69, 9.17) is 0 Å². The summed E-state index contributed by atoms with van der Waals surface area (Å²) in [5.74, 6) is 0.301. The van der Waals surface area contributed by atoms with E-state index in [1.165, 1.54) is 5.56 Å². The Morgan fingerprint density at radius 2 is 1.31 bits per heavy atom. The second kappa shape index (κ2) is 12.0. The lowest BCUT2D eigenvalue weighted by molar-refractivity contribution is 0.0994. The normalized spacial score (nSPS) is 10.8. The Kier molecular flexibility index (Phi) is 12.9. The van der Waals surface area contributed by atoms with Gasteiger partial charge in [0.05, 0.1) is 0 Å². The number of carbonyl (C=O) groups excluding carboxylic acids is 1. The number of hydrogen-bond donors (Lipinski definition) is 0. The number of Topliss-reactive ketones (excluding diaryl/α,β-unsaturated/α-hetero) is 1. The first-order chi connectivity index (χ1) is 7.88. The summed E-state index contributed by atoms with van der Waals surface area (Å²) in [6, 6.07) is 7.84. The predicted molar refractivity (Wildman–Crippen MR) is 73.1 cm³/mol. The molecule has 0 heterocycles. The number of carbonyl (C=O) groups is 1. The average molecular weight is 222 g/mol. The van der Waals surface area contributed by atoms with Crippen molar-refractivity contribution in [2.75, 3.05) is 0 Å². The molecule has 1 aromatic rings. The zero-order chi connectivity index (χ0) is 13.0. The molecule has 0 aliphatic heterocycles. The van der Waals surface area contributed by atoms with Crippen molar-refractivity contribution in [1.82, 2.24) is 0 Å². The number of ketones is 1. The van der Waals surface area contributed by atoms with Crippen molar-refractivity contribution in [3.8, 4) is 0 Å². The lowest BCUT2D eigenvalue weighted by Gasteiger charge is -1.92. The molecule has 1 heteroatoms. The molecule has 0 atom stereocenters. The van der Waals surface area contributed by atoms with Crippen LogP contribution in [0.3, 0.4) is 0 Å². The van der Waals surface area contributed by atoms with E-state index in [9.17, 15) is 4.79 Å². The first-order valence-electron chi connectivity index (χ1n) is 6.49. The molecule has 0 radical (unpaired) electrons. The third kappa shape index (κ3) is 5.11. The molecule has 1 aliphatic carbocycles. The summed E-state index contributed by atoms with van der Waals surface area (Å²) >= 11 is 0. The zero-order valence-electron chi connectivity index (χ0n) is 11.6. The second-order valence-electron chi connectivity index (χ2n) is 2.58. The maximum absolute atomic E-state index is 11.1. The van der Waals surface area contributed by atoms with Crippen LogP contribution in [0.15, 0.2) is 24.3 Å². The van der Waals surface area contributed by atoms with Crippen LogP contribution in [0.1, 0.15) is 63.9 Å². The average Bonchev–Trinajstić information content (AvgIpc) is 2.79. The van der Waals surface area contributed by atoms with Gasteiger partial charge in [-0.15, -0.1) is 0 Å². The van der Waals surface area contributed by atoms with Crippen LogP contribution in [-0.4, -0.2) is 5.78 Å².